The predicted octanol–water partition coefficient (Wildman–Crippen LogP) is 1.66. The van der Waals surface area contributed by atoms with Gasteiger partial charge in [-0.25, -0.2) is 0 Å². The van der Waals surface area contributed by atoms with Gasteiger partial charge in [0.15, 0.2) is 0 Å². The third kappa shape index (κ3) is 2.33. The third-order valence-electron chi connectivity index (χ3n) is 2.00. The highest BCUT2D eigenvalue weighted by atomic mass is 32.2. The van der Waals surface area contributed by atoms with Crippen LogP contribution in [0.1, 0.15) is 13.3 Å². The van der Waals surface area contributed by atoms with E-state index in [0.717, 1.165) is 24.6 Å². The molecule has 0 saturated carbocycles. The van der Waals surface area contributed by atoms with E-state index in [0.29, 0.717) is 5.91 Å². The maximum atomic E-state index is 11.7. The Hall–Kier alpha value is 0.170. The molecule has 1 atom stereocenters. The van der Waals surface area contributed by atoms with Crippen LogP contribution in [-0.2, 0) is 4.79 Å². The summed E-state index contributed by atoms with van der Waals surface area (Å²) in [6.45, 7) is 3.02. The molecule has 1 amide bonds. The molecule has 1 fully saturated rings. The molecule has 0 aromatic rings. The summed E-state index contributed by atoms with van der Waals surface area (Å²) in [5, 5.41) is 0.184. The number of carbonyl (C=O) groups excluding carboxylic acids is 1. The molecule has 0 aliphatic carbocycles. The maximum absolute atomic E-state index is 11.7. The van der Waals surface area contributed by atoms with Crippen molar-refractivity contribution in [2.24, 2.45) is 0 Å². The fourth-order valence-corrected chi connectivity index (χ4v) is 2.87. The van der Waals surface area contributed by atoms with Gasteiger partial charge in [0.05, 0.1) is 11.1 Å². The minimum Gasteiger partial charge on any atom is -0.332 e. The first kappa shape index (κ1) is 10.3. The lowest BCUT2D eigenvalue weighted by atomic mass is 10.3. The van der Waals surface area contributed by atoms with Crippen molar-refractivity contribution in [3.8, 4) is 0 Å². The van der Waals surface area contributed by atoms with Crippen molar-refractivity contribution in [1.29, 1.82) is 0 Å². The van der Waals surface area contributed by atoms with Gasteiger partial charge < -0.3 is 4.90 Å². The Bertz CT molecular complexity index is 149. The van der Waals surface area contributed by atoms with E-state index in [9.17, 15) is 4.79 Å². The van der Waals surface area contributed by atoms with Gasteiger partial charge in [0, 0.05) is 12.3 Å². The number of amides is 1. The smallest absolute Gasteiger partial charge is 0.236 e. The summed E-state index contributed by atoms with van der Waals surface area (Å²) >= 11 is 3.51. The molecule has 0 radical (unpaired) electrons. The lowest BCUT2D eigenvalue weighted by Crippen LogP contribution is -2.35. The molecule has 1 aliphatic rings. The largest absolute Gasteiger partial charge is 0.332 e. The molecule has 1 heterocycles. The van der Waals surface area contributed by atoms with Crippen LogP contribution in [0, 0.1) is 0 Å². The first-order chi connectivity index (χ1) is 5.79. The summed E-state index contributed by atoms with van der Waals surface area (Å²) in [5.74, 6) is 2.34. The van der Waals surface area contributed by atoms with Crippen molar-refractivity contribution >= 4 is 29.4 Å². The third-order valence-corrected chi connectivity index (χ3v) is 4.06. The molecular formula is C8H15NOS2. The molecule has 12 heavy (non-hydrogen) atoms. The highest BCUT2D eigenvalue weighted by Gasteiger charge is 2.24. The van der Waals surface area contributed by atoms with Crippen molar-refractivity contribution in [1.82, 2.24) is 4.90 Å². The van der Waals surface area contributed by atoms with Gasteiger partial charge in [-0.2, -0.15) is 11.8 Å². The van der Waals surface area contributed by atoms with E-state index >= 15 is 0 Å². The van der Waals surface area contributed by atoms with Gasteiger partial charge in [0.25, 0.3) is 0 Å². The Balaban J connectivity index is 2.43. The SMILES string of the molecule is CCC(SC)C(=O)N1CCSC1. The molecule has 70 valence electrons. The minimum atomic E-state index is 0.184. The Kier molecular flexibility index (Phi) is 4.29. The molecule has 1 rings (SSSR count). The second-order valence-electron chi connectivity index (χ2n) is 2.77. The van der Waals surface area contributed by atoms with Crippen molar-refractivity contribution in [3.05, 3.63) is 0 Å². The van der Waals surface area contributed by atoms with Crippen LogP contribution in [0.3, 0.4) is 0 Å². The van der Waals surface area contributed by atoms with Gasteiger partial charge >= 0.3 is 0 Å². The van der Waals surface area contributed by atoms with Gasteiger partial charge in [-0.3, -0.25) is 4.79 Å². The van der Waals surface area contributed by atoms with Crippen molar-refractivity contribution in [2.45, 2.75) is 18.6 Å². The first-order valence-corrected chi connectivity index (χ1v) is 6.63. The van der Waals surface area contributed by atoms with Gasteiger partial charge in [0.1, 0.15) is 0 Å². The summed E-state index contributed by atoms with van der Waals surface area (Å²) in [7, 11) is 0. The summed E-state index contributed by atoms with van der Waals surface area (Å²) < 4.78 is 0. The van der Waals surface area contributed by atoms with Crippen LogP contribution in [0.5, 0.6) is 0 Å². The molecule has 0 N–H and O–H groups in total. The van der Waals surface area contributed by atoms with Crippen molar-refractivity contribution < 1.29 is 4.79 Å². The van der Waals surface area contributed by atoms with E-state index in [1.54, 1.807) is 11.8 Å². The van der Waals surface area contributed by atoms with Crippen molar-refractivity contribution in [3.63, 3.8) is 0 Å². The average Bonchev–Trinajstić information content (AvgIpc) is 2.58. The van der Waals surface area contributed by atoms with Crippen LogP contribution in [0.4, 0.5) is 0 Å². The number of hydrogen-bond acceptors (Lipinski definition) is 3. The monoisotopic (exact) mass is 205 g/mol. The molecule has 1 unspecified atom stereocenters. The van der Waals surface area contributed by atoms with Crippen LogP contribution >= 0.6 is 23.5 Å². The van der Waals surface area contributed by atoms with E-state index in [2.05, 4.69) is 6.92 Å². The zero-order valence-electron chi connectivity index (χ0n) is 7.58. The fourth-order valence-electron chi connectivity index (χ4n) is 1.23. The molecule has 2 nitrogen and oxygen atoms in total. The molecule has 4 heteroatoms. The molecule has 0 spiro atoms. The highest BCUT2D eigenvalue weighted by molar-refractivity contribution is 8.00. The average molecular weight is 205 g/mol. The van der Waals surface area contributed by atoms with Crippen LogP contribution in [0.25, 0.3) is 0 Å². The lowest BCUT2D eigenvalue weighted by molar-refractivity contribution is -0.129. The fraction of sp³-hybridized carbons (Fsp3) is 0.875. The summed E-state index contributed by atoms with van der Waals surface area (Å²) in [4.78, 5) is 13.7. The summed E-state index contributed by atoms with van der Waals surface area (Å²) in [6.07, 6.45) is 2.95. The zero-order valence-corrected chi connectivity index (χ0v) is 9.21. The van der Waals surface area contributed by atoms with Crippen LogP contribution in [-0.4, -0.2) is 40.5 Å². The zero-order chi connectivity index (χ0) is 8.97. The molecule has 0 aromatic carbocycles. The number of hydrogen-bond donors (Lipinski definition) is 0. The van der Waals surface area contributed by atoms with E-state index in [1.165, 1.54) is 0 Å². The van der Waals surface area contributed by atoms with E-state index < -0.39 is 0 Å². The Morgan fingerprint density at radius 2 is 2.50 bits per heavy atom. The van der Waals surface area contributed by atoms with Crippen molar-refractivity contribution in [2.75, 3.05) is 24.4 Å². The lowest BCUT2D eigenvalue weighted by Gasteiger charge is -2.19. The maximum Gasteiger partial charge on any atom is 0.236 e. The Morgan fingerprint density at radius 3 is 2.92 bits per heavy atom. The molecule has 1 saturated heterocycles. The predicted molar refractivity (Wildman–Crippen MR) is 56.6 cm³/mol. The Labute approximate surface area is 82.5 Å². The van der Waals surface area contributed by atoms with Gasteiger partial charge in [-0.15, -0.1) is 11.8 Å². The molecule has 0 bridgehead atoms. The van der Waals surface area contributed by atoms with E-state index in [1.807, 2.05) is 22.9 Å². The number of thioether (sulfide) groups is 2. The van der Waals surface area contributed by atoms with E-state index in [4.69, 9.17) is 0 Å². The molecule has 1 aliphatic heterocycles. The molecule has 0 aromatic heterocycles. The second kappa shape index (κ2) is 5.02. The van der Waals surface area contributed by atoms with Crippen LogP contribution in [0.2, 0.25) is 0 Å². The van der Waals surface area contributed by atoms with Crippen LogP contribution < -0.4 is 0 Å². The first-order valence-electron chi connectivity index (χ1n) is 4.19. The second-order valence-corrected chi connectivity index (χ2v) is 4.89. The Morgan fingerprint density at radius 1 is 1.75 bits per heavy atom. The summed E-state index contributed by atoms with van der Waals surface area (Å²) in [6, 6.07) is 0. The van der Waals surface area contributed by atoms with Gasteiger partial charge in [0.2, 0.25) is 5.91 Å². The number of carbonyl (C=O) groups is 1. The summed E-state index contributed by atoms with van der Waals surface area (Å²) in [5.41, 5.74) is 0. The number of rotatable bonds is 3. The number of nitrogens with zero attached hydrogens (tertiary/aromatic N) is 1. The quantitative estimate of drug-likeness (QED) is 0.699. The highest BCUT2D eigenvalue weighted by Crippen LogP contribution is 2.19. The van der Waals surface area contributed by atoms with Gasteiger partial charge in [-0.1, -0.05) is 6.92 Å². The minimum absolute atomic E-state index is 0.184. The normalized spacial score (nSPS) is 19.7. The standard InChI is InChI=1S/C8H15NOS2/c1-3-7(11-2)8(10)9-4-5-12-6-9/h7H,3-6H2,1-2H3. The topological polar surface area (TPSA) is 20.3 Å². The van der Waals surface area contributed by atoms with Crippen LogP contribution in [0.15, 0.2) is 0 Å². The van der Waals surface area contributed by atoms with Gasteiger partial charge in [-0.05, 0) is 12.7 Å². The molecular weight excluding hydrogens is 190 g/mol. The van der Waals surface area contributed by atoms with E-state index in [-0.39, 0.29) is 5.25 Å².